The number of fused-ring (bicyclic) bond motifs is 3. The molecule has 3 aromatic rings. The zero-order valence-corrected chi connectivity index (χ0v) is 18.1. The molecule has 4 rings (SSSR count). The van der Waals surface area contributed by atoms with Gasteiger partial charge < -0.3 is 5.32 Å². The highest BCUT2D eigenvalue weighted by molar-refractivity contribution is 5.82. The summed E-state index contributed by atoms with van der Waals surface area (Å²) in [6, 6.07) is 24.7. The monoisotopic (exact) mass is 383 g/mol. The van der Waals surface area contributed by atoms with Crippen molar-refractivity contribution in [1.29, 1.82) is 0 Å². The molecule has 1 heteroatoms. The number of nitrogens with one attached hydrogen (secondary N) is 1. The topological polar surface area (TPSA) is 12.0 Å². The Bertz CT molecular complexity index is 969. The van der Waals surface area contributed by atoms with Gasteiger partial charge in [0.25, 0.3) is 0 Å². The van der Waals surface area contributed by atoms with Gasteiger partial charge in [-0.1, -0.05) is 94.6 Å². The summed E-state index contributed by atoms with van der Waals surface area (Å²) in [5, 5.41) is 3.61. The van der Waals surface area contributed by atoms with Gasteiger partial charge in [-0.15, -0.1) is 0 Å². The summed E-state index contributed by atoms with van der Waals surface area (Å²) in [5.41, 5.74) is 9.79. The Morgan fingerprint density at radius 2 is 1.45 bits per heavy atom. The Kier molecular flexibility index (Phi) is 5.76. The predicted octanol–water partition coefficient (Wildman–Crippen LogP) is 7.73. The molecule has 1 nitrogen and oxygen atoms in total. The maximum absolute atomic E-state index is 3.61. The molecule has 0 amide bonds. The van der Waals surface area contributed by atoms with E-state index < -0.39 is 0 Å². The highest BCUT2D eigenvalue weighted by atomic mass is 14.9. The lowest BCUT2D eigenvalue weighted by molar-refractivity contribution is 0.652. The van der Waals surface area contributed by atoms with Crippen molar-refractivity contribution < 1.29 is 0 Å². The normalized spacial score (nSPS) is 13.8. The van der Waals surface area contributed by atoms with Crippen LogP contribution in [0.25, 0.3) is 11.1 Å². The van der Waals surface area contributed by atoms with Crippen molar-refractivity contribution in [2.24, 2.45) is 0 Å². The zero-order valence-electron chi connectivity index (χ0n) is 18.1. The second-order valence-electron chi connectivity index (χ2n) is 8.92. The van der Waals surface area contributed by atoms with Crippen LogP contribution in [0.5, 0.6) is 0 Å². The first-order valence-electron chi connectivity index (χ1n) is 11.2. The van der Waals surface area contributed by atoms with Crippen molar-refractivity contribution in [1.82, 2.24) is 0 Å². The van der Waals surface area contributed by atoms with Crippen LogP contribution in [0.4, 0.5) is 5.69 Å². The average Bonchev–Trinajstić information content (AvgIpc) is 2.97. The Balaban J connectivity index is 1.54. The molecule has 1 aliphatic rings. The maximum atomic E-state index is 3.61. The number of rotatable bonds is 8. The Morgan fingerprint density at radius 3 is 2.21 bits per heavy atom. The predicted molar refractivity (Wildman–Crippen MR) is 126 cm³/mol. The minimum absolute atomic E-state index is 0.0501. The Hall–Kier alpha value is -2.54. The summed E-state index contributed by atoms with van der Waals surface area (Å²) in [6.07, 6.45) is 6.48. The standard InChI is InChI=1S/C28H33N/c1-4-5-6-8-11-21-14-16-24-25-17-15-23(29-20-22-12-9-7-10-13-22)19-27(25)28(2,3)26(24)18-21/h7,9-10,12-19,29H,4-6,8,11,20H2,1-3H3. The van der Waals surface area contributed by atoms with Gasteiger partial charge in [-0.2, -0.15) is 0 Å². The van der Waals surface area contributed by atoms with Gasteiger partial charge in [0.15, 0.2) is 0 Å². The van der Waals surface area contributed by atoms with Crippen LogP contribution in [0, 0.1) is 0 Å². The molecular weight excluding hydrogens is 350 g/mol. The van der Waals surface area contributed by atoms with Crippen LogP contribution in [0.15, 0.2) is 66.7 Å². The first-order valence-corrected chi connectivity index (χ1v) is 11.2. The molecule has 3 aromatic carbocycles. The molecule has 0 spiro atoms. The van der Waals surface area contributed by atoms with Gasteiger partial charge in [-0.25, -0.2) is 0 Å². The van der Waals surface area contributed by atoms with Crippen molar-refractivity contribution >= 4 is 5.69 Å². The minimum atomic E-state index is 0.0501. The highest BCUT2D eigenvalue weighted by Gasteiger charge is 2.35. The van der Waals surface area contributed by atoms with Crippen LogP contribution in [0.3, 0.4) is 0 Å². The van der Waals surface area contributed by atoms with E-state index in [1.165, 1.54) is 71.2 Å². The smallest absolute Gasteiger partial charge is 0.0400 e. The SMILES string of the molecule is CCCCCCc1ccc2c(c1)C(C)(C)c1cc(NCc3ccccc3)ccc1-2. The number of hydrogen-bond acceptors (Lipinski definition) is 1. The van der Waals surface area contributed by atoms with Crippen LogP contribution < -0.4 is 5.32 Å². The molecule has 0 aromatic heterocycles. The Morgan fingerprint density at radius 1 is 0.724 bits per heavy atom. The third kappa shape index (κ3) is 4.10. The van der Waals surface area contributed by atoms with Crippen molar-refractivity contribution in [2.75, 3.05) is 5.32 Å². The molecule has 29 heavy (non-hydrogen) atoms. The van der Waals surface area contributed by atoms with E-state index in [0.717, 1.165) is 6.54 Å². The van der Waals surface area contributed by atoms with Crippen LogP contribution in [0.2, 0.25) is 0 Å². The minimum Gasteiger partial charge on any atom is -0.381 e. The maximum Gasteiger partial charge on any atom is 0.0400 e. The molecule has 0 radical (unpaired) electrons. The molecule has 0 bridgehead atoms. The zero-order chi connectivity index (χ0) is 20.3. The first-order chi connectivity index (χ1) is 14.1. The number of anilines is 1. The van der Waals surface area contributed by atoms with Crippen LogP contribution in [-0.4, -0.2) is 0 Å². The van der Waals surface area contributed by atoms with Gasteiger partial charge in [0.1, 0.15) is 0 Å². The third-order valence-electron chi connectivity index (χ3n) is 6.40. The van der Waals surface area contributed by atoms with Crippen LogP contribution >= 0.6 is 0 Å². The fourth-order valence-electron chi connectivity index (χ4n) is 4.61. The molecule has 1 aliphatic carbocycles. The molecule has 150 valence electrons. The summed E-state index contributed by atoms with van der Waals surface area (Å²) in [5.74, 6) is 0. The lowest BCUT2D eigenvalue weighted by Crippen LogP contribution is -2.15. The molecule has 0 atom stereocenters. The fraction of sp³-hybridized carbons (Fsp3) is 0.357. The lowest BCUT2D eigenvalue weighted by Gasteiger charge is -2.22. The summed E-state index contributed by atoms with van der Waals surface area (Å²) in [4.78, 5) is 0. The second-order valence-corrected chi connectivity index (χ2v) is 8.92. The fourth-order valence-corrected chi connectivity index (χ4v) is 4.61. The third-order valence-corrected chi connectivity index (χ3v) is 6.40. The average molecular weight is 384 g/mol. The molecule has 0 aliphatic heterocycles. The van der Waals surface area contributed by atoms with Gasteiger partial charge in [-0.05, 0) is 58.4 Å². The number of unbranched alkanes of at least 4 members (excludes halogenated alkanes) is 3. The van der Waals surface area contributed by atoms with Crippen LogP contribution in [0.1, 0.15) is 68.7 Å². The van der Waals surface area contributed by atoms with Gasteiger partial charge in [0.05, 0.1) is 0 Å². The van der Waals surface area contributed by atoms with E-state index in [0.29, 0.717) is 0 Å². The molecule has 1 N–H and O–H groups in total. The van der Waals surface area contributed by atoms with Gasteiger partial charge in [0.2, 0.25) is 0 Å². The van der Waals surface area contributed by atoms with Crippen molar-refractivity contribution in [2.45, 2.75) is 64.8 Å². The highest BCUT2D eigenvalue weighted by Crippen LogP contribution is 2.49. The van der Waals surface area contributed by atoms with Crippen molar-refractivity contribution in [3.05, 3.63) is 89.0 Å². The number of aryl methyl sites for hydroxylation is 1. The molecule has 0 heterocycles. The van der Waals surface area contributed by atoms with E-state index in [4.69, 9.17) is 0 Å². The van der Waals surface area contributed by atoms with E-state index in [-0.39, 0.29) is 5.41 Å². The second kappa shape index (κ2) is 8.45. The summed E-state index contributed by atoms with van der Waals surface area (Å²) >= 11 is 0. The van der Waals surface area contributed by atoms with E-state index in [1.54, 1.807) is 0 Å². The molecule has 0 saturated carbocycles. The van der Waals surface area contributed by atoms with Gasteiger partial charge in [0, 0.05) is 17.6 Å². The summed E-state index contributed by atoms with van der Waals surface area (Å²) < 4.78 is 0. The van der Waals surface area contributed by atoms with Gasteiger partial charge >= 0.3 is 0 Å². The van der Waals surface area contributed by atoms with E-state index >= 15 is 0 Å². The van der Waals surface area contributed by atoms with E-state index in [2.05, 4.69) is 92.8 Å². The molecule has 0 fully saturated rings. The van der Waals surface area contributed by atoms with Crippen molar-refractivity contribution in [3.8, 4) is 11.1 Å². The van der Waals surface area contributed by atoms with E-state index in [9.17, 15) is 0 Å². The van der Waals surface area contributed by atoms with E-state index in [1.807, 2.05) is 0 Å². The summed E-state index contributed by atoms with van der Waals surface area (Å²) in [6.45, 7) is 7.88. The largest absolute Gasteiger partial charge is 0.381 e. The first kappa shape index (κ1) is 19.8. The van der Waals surface area contributed by atoms with Crippen LogP contribution in [-0.2, 0) is 18.4 Å². The summed E-state index contributed by atoms with van der Waals surface area (Å²) in [7, 11) is 0. The molecule has 0 unspecified atom stereocenters. The lowest BCUT2D eigenvalue weighted by atomic mass is 9.81. The number of hydrogen-bond donors (Lipinski definition) is 1. The molecule has 0 saturated heterocycles. The van der Waals surface area contributed by atoms with Crippen molar-refractivity contribution in [3.63, 3.8) is 0 Å². The molecular formula is C28H33N. The Labute approximate surface area is 176 Å². The quantitative estimate of drug-likeness (QED) is 0.392. The number of benzene rings is 3. The van der Waals surface area contributed by atoms with Gasteiger partial charge in [-0.3, -0.25) is 0 Å².